The summed E-state index contributed by atoms with van der Waals surface area (Å²) >= 11 is 5.85. The van der Waals surface area contributed by atoms with E-state index in [0.717, 1.165) is 18.1 Å². The smallest absolute Gasteiger partial charge is 0.0716 e. The molecule has 0 spiro atoms. The maximum atomic E-state index is 5.85. The lowest BCUT2D eigenvalue weighted by molar-refractivity contribution is 0.117. The van der Waals surface area contributed by atoms with Gasteiger partial charge in [0.1, 0.15) is 0 Å². The standard InChI is InChI=1S/C19H23ClO/c20-19-13-11-18(12-14-19)16-21-15-7-2-1-4-8-17-9-5-3-6-10-17/h3,5-6,9-14H,1-2,4,7-8,15-16H2. The van der Waals surface area contributed by atoms with Gasteiger partial charge in [-0.05, 0) is 42.5 Å². The van der Waals surface area contributed by atoms with Gasteiger partial charge in [-0.15, -0.1) is 0 Å². The van der Waals surface area contributed by atoms with E-state index in [0.29, 0.717) is 6.61 Å². The van der Waals surface area contributed by atoms with E-state index in [9.17, 15) is 0 Å². The number of aryl methyl sites for hydroxylation is 1. The second-order valence-electron chi connectivity index (χ2n) is 5.33. The molecule has 112 valence electrons. The fraction of sp³-hybridized carbons (Fsp3) is 0.368. The second kappa shape index (κ2) is 9.59. The van der Waals surface area contributed by atoms with Crippen molar-refractivity contribution >= 4 is 11.6 Å². The summed E-state index contributed by atoms with van der Waals surface area (Å²) < 4.78 is 5.68. The Morgan fingerprint density at radius 1 is 0.714 bits per heavy atom. The monoisotopic (exact) mass is 302 g/mol. The first-order valence-corrected chi connectivity index (χ1v) is 8.08. The minimum Gasteiger partial charge on any atom is -0.377 e. The van der Waals surface area contributed by atoms with Crippen LogP contribution in [0.5, 0.6) is 0 Å². The fourth-order valence-electron chi connectivity index (χ4n) is 2.30. The molecule has 0 heterocycles. The summed E-state index contributed by atoms with van der Waals surface area (Å²) in [6, 6.07) is 18.5. The van der Waals surface area contributed by atoms with E-state index in [4.69, 9.17) is 16.3 Å². The van der Waals surface area contributed by atoms with Crippen molar-refractivity contribution in [2.75, 3.05) is 6.61 Å². The molecule has 0 fully saturated rings. The van der Waals surface area contributed by atoms with Gasteiger partial charge >= 0.3 is 0 Å². The first kappa shape index (κ1) is 16.1. The van der Waals surface area contributed by atoms with Crippen molar-refractivity contribution in [3.8, 4) is 0 Å². The summed E-state index contributed by atoms with van der Waals surface area (Å²) in [5.74, 6) is 0. The predicted molar refractivity (Wildman–Crippen MR) is 89.7 cm³/mol. The van der Waals surface area contributed by atoms with Crippen molar-refractivity contribution in [2.24, 2.45) is 0 Å². The van der Waals surface area contributed by atoms with E-state index in [1.807, 2.05) is 24.3 Å². The molecule has 0 aliphatic heterocycles. The van der Waals surface area contributed by atoms with Crippen molar-refractivity contribution in [3.63, 3.8) is 0 Å². The SMILES string of the molecule is Clc1ccc(COCCCCCCc2ccccc2)cc1. The Morgan fingerprint density at radius 2 is 1.43 bits per heavy atom. The highest BCUT2D eigenvalue weighted by molar-refractivity contribution is 6.30. The Morgan fingerprint density at radius 3 is 2.19 bits per heavy atom. The lowest BCUT2D eigenvalue weighted by atomic mass is 10.1. The van der Waals surface area contributed by atoms with Crippen LogP contribution >= 0.6 is 11.6 Å². The summed E-state index contributed by atoms with van der Waals surface area (Å²) in [5.41, 5.74) is 2.62. The Bertz CT molecular complexity index is 493. The van der Waals surface area contributed by atoms with Gasteiger partial charge in [-0.3, -0.25) is 0 Å². The third-order valence-electron chi connectivity index (χ3n) is 3.53. The van der Waals surface area contributed by atoms with Crippen LogP contribution in [0.3, 0.4) is 0 Å². The summed E-state index contributed by atoms with van der Waals surface area (Å²) in [7, 11) is 0. The summed E-state index contributed by atoms with van der Waals surface area (Å²) in [6.45, 7) is 1.52. The molecular formula is C19H23ClO. The highest BCUT2D eigenvalue weighted by atomic mass is 35.5. The Balaban J connectivity index is 1.46. The molecule has 0 amide bonds. The van der Waals surface area contributed by atoms with Crippen molar-refractivity contribution < 1.29 is 4.74 Å². The molecule has 0 aliphatic carbocycles. The van der Waals surface area contributed by atoms with E-state index >= 15 is 0 Å². The van der Waals surface area contributed by atoms with E-state index in [-0.39, 0.29) is 0 Å². The van der Waals surface area contributed by atoms with Crippen LogP contribution in [-0.4, -0.2) is 6.61 Å². The molecule has 0 atom stereocenters. The van der Waals surface area contributed by atoms with Crippen LogP contribution in [0.2, 0.25) is 5.02 Å². The van der Waals surface area contributed by atoms with E-state index < -0.39 is 0 Å². The zero-order valence-electron chi connectivity index (χ0n) is 12.4. The second-order valence-corrected chi connectivity index (χ2v) is 5.77. The van der Waals surface area contributed by atoms with Crippen LogP contribution in [0.1, 0.15) is 36.8 Å². The lowest BCUT2D eigenvalue weighted by Gasteiger charge is -2.05. The molecule has 2 aromatic rings. The molecule has 2 rings (SSSR count). The first-order valence-electron chi connectivity index (χ1n) is 7.71. The van der Waals surface area contributed by atoms with Gasteiger partial charge in [0.2, 0.25) is 0 Å². The number of rotatable bonds is 9. The average molecular weight is 303 g/mol. The van der Waals surface area contributed by atoms with Gasteiger partial charge in [-0.1, -0.05) is 66.9 Å². The van der Waals surface area contributed by atoms with Crippen molar-refractivity contribution in [3.05, 3.63) is 70.7 Å². The molecule has 0 saturated carbocycles. The average Bonchev–Trinajstić information content (AvgIpc) is 2.53. The zero-order valence-corrected chi connectivity index (χ0v) is 13.2. The molecule has 0 N–H and O–H groups in total. The number of benzene rings is 2. The molecule has 0 radical (unpaired) electrons. The molecule has 0 aliphatic rings. The van der Waals surface area contributed by atoms with Crippen LogP contribution in [0.25, 0.3) is 0 Å². The molecule has 21 heavy (non-hydrogen) atoms. The number of ether oxygens (including phenoxy) is 1. The van der Waals surface area contributed by atoms with Gasteiger partial charge in [-0.25, -0.2) is 0 Å². The third kappa shape index (κ3) is 6.79. The normalized spacial score (nSPS) is 10.7. The van der Waals surface area contributed by atoms with Gasteiger partial charge in [0, 0.05) is 11.6 Å². The molecular weight excluding hydrogens is 280 g/mol. The molecule has 0 aromatic heterocycles. The minimum absolute atomic E-state index is 0.682. The van der Waals surface area contributed by atoms with Gasteiger partial charge in [0.15, 0.2) is 0 Å². The predicted octanol–water partition coefficient (Wildman–Crippen LogP) is 5.66. The molecule has 0 saturated heterocycles. The topological polar surface area (TPSA) is 9.23 Å². The third-order valence-corrected chi connectivity index (χ3v) is 3.78. The number of halogens is 1. The van der Waals surface area contributed by atoms with Gasteiger partial charge < -0.3 is 4.74 Å². The van der Waals surface area contributed by atoms with Gasteiger partial charge in [-0.2, -0.15) is 0 Å². The number of unbranched alkanes of at least 4 members (excludes halogenated alkanes) is 3. The quantitative estimate of drug-likeness (QED) is 0.543. The summed E-state index contributed by atoms with van der Waals surface area (Å²) in [6.07, 6.45) is 6.11. The molecule has 0 bridgehead atoms. The van der Waals surface area contributed by atoms with Gasteiger partial charge in [0.05, 0.1) is 6.61 Å². The maximum Gasteiger partial charge on any atom is 0.0716 e. The van der Waals surface area contributed by atoms with Crippen molar-refractivity contribution in [1.29, 1.82) is 0 Å². The van der Waals surface area contributed by atoms with E-state index in [1.165, 1.54) is 36.8 Å². The van der Waals surface area contributed by atoms with E-state index in [1.54, 1.807) is 0 Å². The highest BCUT2D eigenvalue weighted by Gasteiger charge is 1.95. The van der Waals surface area contributed by atoms with E-state index in [2.05, 4.69) is 30.3 Å². The van der Waals surface area contributed by atoms with Crippen LogP contribution in [0.15, 0.2) is 54.6 Å². The summed E-state index contributed by atoms with van der Waals surface area (Å²) in [5, 5.41) is 0.775. The minimum atomic E-state index is 0.682. The largest absolute Gasteiger partial charge is 0.377 e. The lowest BCUT2D eigenvalue weighted by Crippen LogP contribution is -1.95. The maximum absolute atomic E-state index is 5.85. The van der Waals surface area contributed by atoms with Crippen molar-refractivity contribution in [2.45, 2.75) is 38.7 Å². The highest BCUT2D eigenvalue weighted by Crippen LogP contribution is 2.11. The molecule has 2 heteroatoms. The van der Waals surface area contributed by atoms with Crippen LogP contribution in [0.4, 0.5) is 0 Å². The Hall–Kier alpha value is -1.31. The zero-order chi connectivity index (χ0) is 14.8. The molecule has 0 unspecified atom stereocenters. The van der Waals surface area contributed by atoms with Crippen LogP contribution in [0, 0.1) is 0 Å². The number of hydrogen-bond acceptors (Lipinski definition) is 1. The first-order chi connectivity index (χ1) is 10.3. The summed E-state index contributed by atoms with van der Waals surface area (Å²) in [4.78, 5) is 0. The Kier molecular flexibility index (Phi) is 7.34. The molecule has 1 nitrogen and oxygen atoms in total. The Labute approximate surface area is 132 Å². The van der Waals surface area contributed by atoms with Crippen LogP contribution < -0.4 is 0 Å². The number of hydrogen-bond donors (Lipinski definition) is 0. The molecule has 2 aromatic carbocycles. The van der Waals surface area contributed by atoms with Crippen LogP contribution in [-0.2, 0) is 17.8 Å². The van der Waals surface area contributed by atoms with Crippen molar-refractivity contribution in [1.82, 2.24) is 0 Å². The fourth-order valence-corrected chi connectivity index (χ4v) is 2.43. The van der Waals surface area contributed by atoms with Gasteiger partial charge in [0.25, 0.3) is 0 Å².